The normalized spacial score (nSPS) is 12.2. The van der Waals surface area contributed by atoms with E-state index in [0.717, 1.165) is 114 Å². The summed E-state index contributed by atoms with van der Waals surface area (Å²) in [6.07, 6.45) is 8.80. The molecule has 284 valence electrons. The highest BCUT2D eigenvalue weighted by Gasteiger charge is 2.17. The first kappa shape index (κ1) is 36.6. The van der Waals surface area contributed by atoms with E-state index in [9.17, 15) is 0 Å². The number of rotatable bonds is 9. The summed E-state index contributed by atoms with van der Waals surface area (Å²) in [5, 5.41) is 0. The molecule has 3 nitrogen and oxygen atoms in total. The average molecular weight is 768 g/mol. The molecular formula is C57H41N3. The Bertz CT molecular complexity index is 2730. The molecule has 0 atom stereocenters. The van der Waals surface area contributed by atoms with Gasteiger partial charge in [-0.2, -0.15) is 0 Å². The highest BCUT2D eigenvalue weighted by Crippen LogP contribution is 2.38. The number of aromatic nitrogens is 3. The van der Waals surface area contributed by atoms with Gasteiger partial charge in [-0.1, -0.05) is 170 Å². The van der Waals surface area contributed by atoms with Crippen LogP contribution in [0.25, 0.3) is 95.2 Å². The van der Waals surface area contributed by atoms with Crippen molar-refractivity contribution in [1.29, 1.82) is 0 Å². The second-order valence-corrected chi connectivity index (χ2v) is 15.1. The molecule has 0 saturated carbocycles. The van der Waals surface area contributed by atoms with Crippen LogP contribution in [0.5, 0.6) is 0 Å². The van der Waals surface area contributed by atoms with Crippen LogP contribution in [0.3, 0.4) is 0 Å². The van der Waals surface area contributed by atoms with Crippen LogP contribution in [0.15, 0.2) is 224 Å². The maximum atomic E-state index is 5.42. The minimum Gasteiger partial charge on any atom is -0.248 e. The second-order valence-electron chi connectivity index (χ2n) is 15.1. The smallest absolute Gasteiger partial charge is 0.0716 e. The summed E-state index contributed by atoms with van der Waals surface area (Å²) < 4.78 is 0. The maximum Gasteiger partial charge on any atom is 0.0716 e. The van der Waals surface area contributed by atoms with Gasteiger partial charge < -0.3 is 0 Å². The monoisotopic (exact) mass is 767 g/mol. The molecule has 0 bridgehead atoms. The molecule has 1 aliphatic carbocycles. The summed E-state index contributed by atoms with van der Waals surface area (Å²) >= 11 is 0. The molecule has 3 heterocycles. The van der Waals surface area contributed by atoms with Crippen LogP contribution >= 0.6 is 0 Å². The lowest BCUT2D eigenvalue weighted by Crippen LogP contribution is -1.97. The van der Waals surface area contributed by atoms with Gasteiger partial charge in [0.1, 0.15) is 0 Å². The molecule has 0 N–H and O–H groups in total. The minimum absolute atomic E-state index is 0.873. The largest absolute Gasteiger partial charge is 0.248 e. The van der Waals surface area contributed by atoms with Gasteiger partial charge in [0.25, 0.3) is 0 Å². The van der Waals surface area contributed by atoms with Gasteiger partial charge in [0.15, 0.2) is 0 Å². The average Bonchev–Trinajstić information content (AvgIpc) is 3.35. The van der Waals surface area contributed by atoms with Crippen LogP contribution in [0.2, 0.25) is 0 Å². The van der Waals surface area contributed by atoms with Gasteiger partial charge in [0, 0.05) is 27.8 Å². The molecule has 9 aromatic rings. The SMILES string of the molecule is C1=CC(c2cc(-c3ccccc3)cc(-c3cc(-c4cc(-c5ccccc5)cc(-c5ccccc5)n4)cc(-c4cc(-c5ccccc5)cc(-c5ccccc5)n4)c3)n2)=CCC1. The fraction of sp³-hybridized carbons (Fsp3) is 0.0351. The number of nitrogens with zero attached hydrogens (tertiary/aromatic N) is 3. The molecule has 6 aromatic carbocycles. The summed E-state index contributed by atoms with van der Waals surface area (Å²) in [5.41, 5.74) is 18.4. The third kappa shape index (κ3) is 7.90. The first-order chi connectivity index (χ1) is 29.7. The van der Waals surface area contributed by atoms with Crippen LogP contribution in [-0.4, -0.2) is 15.0 Å². The molecule has 0 unspecified atom stereocenters. The van der Waals surface area contributed by atoms with E-state index in [2.05, 4.69) is 212 Å². The number of hydrogen-bond acceptors (Lipinski definition) is 3. The highest BCUT2D eigenvalue weighted by molar-refractivity contribution is 5.86. The fourth-order valence-electron chi connectivity index (χ4n) is 7.96. The first-order valence-electron chi connectivity index (χ1n) is 20.6. The number of pyridine rings is 3. The van der Waals surface area contributed by atoms with E-state index < -0.39 is 0 Å². The van der Waals surface area contributed by atoms with Crippen molar-refractivity contribution in [3.63, 3.8) is 0 Å². The van der Waals surface area contributed by atoms with Crippen molar-refractivity contribution in [2.45, 2.75) is 12.8 Å². The quantitative estimate of drug-likeness (QED) is 0.147. The molecule has 3 aromatic heterocycles. The lowest BCUT2D eigenvalue weighted by atomic mass is 9.93. The van der Waals surface area contributed by atoms with E-state index in [-0.39, 0.29) is 0 Å². The molecular weight excluding hydrogens is 727 g/mol. The lowest BCUT2D eigenvalue weighted by molar-refractivity contribution is 1.04. The molecule has 10 rings (SSSR count). The van der Waals surface area contributed by atoms with Crippen LogP contribution in [0.4, 0.5) is 0 Å². The summed E-state index contributed by atoms with van der Waals surface area (Å²) in [5.74, 6) is 0. The molecule has 1 aliphatic rings. The van der Waals surface area contributed by atoms with Crippen molar-refractivity contribution in [1.82, 2.24) is 15.0 Å². The predicted molar refractivity (Wildman–Crippen MR) is 250 cm³/mol. The molecule has 0 amide bonds. The van der Waals surface area contributed by atoms with E-state index in [4.69, 9.17) is 15.0 Å². The summed E-state index contributed by atoms with van der Waals surface area (Å²) in [6, 6.07) is 72.6. The molecule has 0 aliphatic heterocycles. The highest BCUT2D eigenvalue weighted by atomic mass is 14.7. The van der Waals surface area contributed by atoms with Gasteiger partial charge in [0.05, 0.1) is 34.2 Å². The van der Waals surface area contributed by atoms with E-state index in [0.29, 0.717) is 0 Å². The number of benzene rings is 6. The maximum absolute atomic E-state index is 5.42. The van der Waals surface area contributed by atoms with Gasteiger partial charge in [-0.3, -0.25) is 0 Å². The third-order valence-corrected chi connectivity index (χ3v) is 11.0. The molecule has 0 fully saturated rings. The van der Waals surface area contributed by atoms with E-state index in [1.807, 2.05) is 12.1 Å². The zero-order chi connectivity index (χ0) is 40.1. The molecule has 0 spiro atoms. The second kappa shape index (κ2) is 16.6. The lowest BCUT2D eigenvalue weighted by Gasteiger charge is -2.16. The number of allylic oxidation sites excluding steroid dienone is 4. The molecule has 3 heteroatoms. The van der Waals surface area contributed by atoms with E-state index in [1.165, 1.54) is 0 Å². The predicted octanol–water partition coefficient (Wildman–Crippen LogP) is 14.9. The van der Waals surface area contributed by atoms with Crippen molar-refractivity contribution in [2.24, 2.45) is 0 Å². The van der Waals surface area contributed by atoms with Crippen LogP contribution in [0, 0.1) is 0 Å². The Morgan fingerprint density at radius 1 is 0.250 bits per heavy atom. The van der Waals surface area contributed by atoms with E-state index in [1.54, 1.807) is 0 Å². The van der Waals surface area contributed by atoms with Crippen LogP contribution < -0.4 is 0 Å². The summed E-state index contributed by atoms with van der Waals surface area (Å²) in [6.45, 7) is 0. The topological polar surface area (TPSA) is 38.7 Å². The zero-order valence-electron chi connectivity index (χ0n) is 33.1. The Morgan fingerprint density at radius 3 is 0.883 bits per heavy atom. The third-order valence-electron chi connectivity index (χ3n) is 11.0. The summed E-state index contributed by atoms with van der Waals surface area (Å²) in [7, 11) is 0. The Labute approximate surface area is 351 Å². The zero-order valence-corrected chi connectivity index (χ0v) is 33.1. The molecule has 0 saturated heterocycles. The van der Waals surface area contributed by atoms with Crippen molar-refractivity contribution < 1.29 is 0 Å². The van der Waals surface area contributed by atoms with Gasteiger partial charge in [0.2, 0.25) is 0 Å². The molecule has 0 radical (unpaired) electrons. The first-order valence-corrected chi connectivity index (χ1v) is 20.6. The fourth-order valence-corrected chi connectivity index (χ4v) is 7.96. The van der Waals surface area contributed by atoms with Crippen molar-refractivity contribution >= 4 is 5.57 Å². The van der Waals surface area contributed by atoms with Crippen molar-refractivity contribution in [3.05, 3.63) is 230 Å². The van der Waals surface area contributed by atoms with Gasteiger partial charge in [-0.25, -0.2) is 15.0 Å². The van der Waals surface area contributed by atoms with Crippen molar-refractivity contribution in [2.75, 3.05) is 0 Å². The van der Waals surface area contributed by atoms with Crippen molar-refractivity contribution in [3.8, 4) is 89.7 Å². The molecule has 60 heavy (non-hydrogen) atoms. The van der Waals surface area contributed by atoms with Gasteiger partial charge in [-0.05, 0) is 106 Å². The summed E-state index contributed by atoms with van der Waals surface area (Å²) in [4.78, 5) is 16.2. The number of hydrogen-bond donors (Lipinski definition) is 0. The van der Waals surface area contributed by atoms with Crippen LogP contribution in [0.1, 0.15) is 18.5 Å². The standard InChI is InChI=1S/C57H41N3/c1-7-19-40(20-8-1)46-34-52(43-25-13-4-14-26-43)58-55(37-46)49-31-50(56-38-47(41-21-9-2-10-22-41)35-53(59-56)44-27-15-5-16-28-44)33-51(32-49)57-39-48(42-23-11-3-12-24-42)36-54(60-57)45-29-17-6-18-30-45/h1-5,7-17,19-39H,6,18H2. The van der Waals surface area contributed by atoms with E-state index >= 15 is 0 Å². The Kier molecular flexibility index (Phi) is 10.1. The van der Waals surface area contributed by atoms with Gasteiger partial charge >= 0.3 is 0 Å². The minimum atomic E-state index is 0.873. The Balaban J connectivity index is 1.24. The van der Waals surface area contributed by atoms with Gasteiger partial charge in [-0.15, -0.1) is 0 Å². The Morgan fingerprint density at radius 2 is 0.550 bits per heavy atom. The Hall–Kier alpha value is -7.75. The van der Waals surface area contributed by atoms with Crippen LogP contribution in [-0.2, 0) is 0 Å².